The van der Waals surface area contributed by atoms with Gasteiger partial charge in [0.15, 0.2) is 12.6 Å². The largest absolute Gasteiger partial charge is 0.394 e. The molecule has 16 heteroatoms. The van der Waals surface area contributed by atoms with Crippen molar-refractivity contribution >= 4 is 5.91 Å². The molecule has 386 valence electrons. The maximum absolute atomic E-state index is 13.3. The van der Waals surface area contributed by atoms with Gasteiger partial charge in [-0.1, -0.05) is 187 Å². The molecule has 65 heavy (non-hydrogen) atoms. The highest BCUT2D eigenvalue weighted by Crippen LogP contribution is 2.30. The van der Waals surface area contributed by atoms with E-state index in [2.05, 4.69) is 19.2 Å². The minimum atomic E-state index is -1.84. The number of carbonyl (C=O) groups excluding carboxylic acids is 1. The number of aliphatic hydroxyl groups is 10. The average Bonchev–Trinajstić information content (AvgIpc) is 3.30. The van der Waals surface area contributed by atoms with Gasteiger partial charge in [0.2, 0.25) is 5.91 Å². The molecular formula is C49H95NO15. The molecule has 0 bridgehead atoms. The second-order valence-corrected chi connectivity index (χ2v) is 18.9. The van der Waals surface area contributed by atoms with E-state index < -0.39 is 111 Å². The Labute approximate surface area is 390 Å². The fraction of sp³-hybridized carbons (Fsp3) is 0.980. The van der Waals surface area contributed by atoms with Crippen molar-refractivity contribution in [3.05, 3.63) is 0 Å². The third-order valence-electron chi connectivity index (χ3n) is 13.3. The predicted molar refractivity (Wildman–Crippen MR) is 248 cm³/mol. The summed E-state index contributed by atoms with van der Waals surface area (Å²) in [6.45, 7) is 2.40. The summed E-state index contributed by atoms with van der Waals surface area (Å²) in [6.07, 6.45) is 11.3. The molecular weight excluding hydrogens is 843 g/mol. The van der Waals surface area contributed by atoms with Gasteiger partial charge in [0.25, 0.3) is 0 Å². The Hall–Kier alpha value is -1.09. The van der Waals surface area contributed by atoms with Crippen LogP contribution in [-0.4, -0.2) is 163 Å². The zero-order chi connectivity index (χ0) is 47.8. The summed E-state index contributed by atoms with van der Waals surface area (Å²) in [5.74, 6) is -0.758. The van der Waals surface area contributed by atoms with Crippen molar-refractivity contribution in [3.8, 4) is 0 Å². The highest BCUT2D eigenvalue weighted by atomic mass is 16.7. The number of ether oxygens (including phenoxy) is 4. The van der Waals surface area contributed by atoms with Crippen LogP contribution in [0.3, 0.4) is 0 Å². The quantitative estimate of drug-likeness (QED) is 0.0377. The lowest BCUT2D eigenvalue weighted by molar-refractivity contribution is -0.359. The summed E-state index contributed by atoms with van der Waals surface area (Å²) >= 11 is 0. The third kappa shape index (κ3) is 23.9. The first-order valence-electron chi connectivity index (χ1n) is 26.0. The van der Waals surface area contributed by atoms with Crippen LogP contribution in [0.15, 0.2) is 0 Å². The molecule has 0 saturated carbocycles. The Bertz CT molecular complexity index is 1140. The van der Waals surface area contributed by atoms with Gasteiger partial charge in [0.1, 0.15) is 61.0 Å². The number of carbonyl (C=O) groups is 1. The smallest absolute Gasteiger partial charge is 0.249 e. The standard InChI is InChI=1S/C49H95NO15/c1-3-5-7-9-11-13-15-16-17-18-19-20-21-23-25-27-29-31-37(54)47(61)50-35(40(55)36(53)30-28-26-24-22-14-12-10-8-6-4-2)34-62-48-45(60)43(58)46(39(33-52)64-48)65-49-44(59)42(57)41(56)38(32-51)63-49/h35-46,48-49,51-60H,3-34H2,1-2H3,(H,50,61)/t35-,36+,37+,38+,39+,40-,41-,42-,43+,44+,45+,46+,48+,49-/m0/s1. The normalized spacial score (nSPS) is 27.9. The molecule has 2 aliphatic heterocycles. The molecule has 2 fully saturated rings. The maximum atomic E-state index is 13.3. The molecule has 0 aromatic heterocycles. The van der Waals surface area contributed by atoms with Crippen molar-refractivity contribution in [3.63, 3.8) is 0 Å². The fourth-order valence-corrected chi connectivity index (χ4v) is 8.87. The Kier molecular flexibility index (Phi) is 34.0. The molecule has 0 aliphatic carbocycles. The first-order valence-corrected chi connectivity index (χ1v) is 26.0. The molecule has 2 saturated heterocycles. The SMILES string of the molecule is CCCCCCCCCCCCCCCCCCC[C@@H](O)C(=O)N[C@@H](CO[C@@H]1O[C@H](CO)[C@@H](O[C@@H]2O[C@H](CO)[C@H](O)[C@H](O)[C@H]2O)[C@H](O)[C@H]1O)[C@H](O)[C@H](O)CCCCCCCCCCCC. The van der Waals surface area contributed by atoms with E-state index >= 15 is 0 Å². The van der Waals surface area contributed by atoms with E-state index in [0.29, 0.717) is 12.8 Å². The van der Waals surface area contributed by atoms with Crippen molar-refractivity contribution in [2.75, 3.05) is 19.8 Å². The maximum Gasteiger partial charge on any atom is 0.249 e. The van der Waals surface area contributed by atoms with Gasteiger partial charge in [-0.15, -0.1) is 0 Å². The van der Waals surface area contributed by atoms with Crippen molar-refractivity contribution in [2.45, 2.75) is 286 Å². The van der Waals surface area contributed by atoms with Crippen LogP contribution < -0.4 is 5.32 Å². The van der Waals surface area contributed by atoms with Crippen molar-refractivity contribution < 1.29 is 74.8 Å². The number of amides is 1. The number of aliphatic hydroxyl groups excluding tert-OH is 10. The summed E-state index contributed by atoms with van der Waals surface area (Å²) in [5.41, 5.74) is 0. The molecule has 2 heterocycles. The first kappa shape index (κ1) is 60.0. The van der Waals surface area contributed by atoms with E-state index in [1.165, 1.54) is 116 Å². The van der Waals surface area contributed by atoms with Gasteiger partial charge >= 0.3 is 0 Å². The van der Waals surface area contributed by atoms with Crippen LogP contribution in [0.4, 0.5) is 0 Å². The molecule has 0 aromatic rings. The summed E-state index contributed by atoms with van der Waals surface area (Å²) < 4.78 is 22.5. The van der Waals surface area contributed by atoms with Crippen molar-refractivity contribution in [1.82, 2.24) is 5.32 Å². The number of hydrogen-bond donors (Lipinski definition) is 11. The minimum absolute atomic E-state index is 0.208. The fourth-order valence-electron chi connectivity index (χ4n) is 8.87. The Balaban J connectivity index is 1.88. The Morgan fingerprint density at radius 1 is 0.508 bits per heavy atom. The molecule has 2 aliphatic rings. The van der Waals surface area contributed by atoms with Crippen LogP contribution in [-0.2, 0) is 23.7 Å². The second-order valence-electron chi connectivity index (χ2n) is 18.9. The molecule has 11 N–H and O–H groups in total. The van der Waals surface area contributed by atoms with Crippen LogP contribution in [0.1, 0.15) is 200 Å². The minimum Gasteiger partial charge on any atom is -0.394 e. The van der Waals surface area contributed by atoms with Gasteiger partial charge in [-0.05, 0) is 12.8 Å². The topological polar surface area (TPSA) is 268 Å². The summed E-state index contributed by atoms with van der Waals surface area (Å²) in [6, 6.07) is -1.27. The van der Waals surface area contributed by atoms with Crippen molar-refractivity contribution in [1.29, 1.82) is 0 Å². The Morgan fingerprint density at radius 3 is 1.35 bits per heavy atom. The number of rotatable bonds is 40. The monoisotopic (exact) mass is 938 g/mol. The first-order chi connectivity index (χ1) is 31.4. The van der Waals surface area contributed by atoms with E-state index in [0.717, 1.165) is 44.9 Å². The predicted octanol–water partition coefficient (Wildman–Crippen LogP) is 4.55. The molecule has 1 amide bonds. The van der Waals surface area contributed by atoms with E-state index in [-0.39, 0.29) is 12.8 Å². The Morgan fingerprint density at radius 2 is 0.908 bits per heavy atom. The highest BCUT2D eigenvalue weighted by molar-refractivity contribution is 5.80. The van der Waals surface area contributed by atoms with Crippen LogP contribution in [0.2, 0.25) is 0 Å². The lowest BCUT2D eigenvalue weighted by Gasteiger charge is -2.46. The van der Waals surface area contributed by atoms with Gasteiger partial charge in [-0.3, -0.25) is 4.79 Å². The number of unbranched alkanes of at least 4 members (excludes halogenated alkanes) is 25. The zero-order valence-electron chi connectivity index (χ0n) is 40.2. The third-order valence-corrected chi connectivity index (χ3v) is 13.3. The molecule has 0 aromatic carbocycles. The van der Waals surface area contributed by atoms with Gasteiger partial charge in [-0.25, -0.2) is 0 Å². The van der Waals surface area contributed by atoms with Crippen LogP contribution >= 0.6 is 0 Å². The van der Waals surface area contributed by atoms with Crippen LogP contribution in [0.5, 0.6) is 0 Å². The lowest BCUT2D eigenvalue weighted by atomic mass is 9.97. The van der Waals surface area contributed by atoms with E-state index in [4.69, 9.17) is 18.9 Å². The van der Waals surface area contributed by atoms with Gasteiger partial charge < -0.3 is 75.3 Å². The number of hydrogen-bond acceptors (Lipinski definition) is 15. The zero-order valence-corrected chi connectivity index (χ0v) is 40.2. The van der Waals surface area contributed by atoms with Crippen molar-refractivity contribution in [2.24, 2.45) is 0 Å². The molecule has 2 rings (SSSR count). The average molecular weight is 938 g/mol. The van der Waals surface area contributed by atoms with Gasteiger partial charge in [0, 0.05) is 0 Å². The molecule has 14 atom stereocenters. The number of nitrogens with one attached hydrogen (secondary N) is 1. The summed E-state index contributed by atoms with van der Waals surface area (Å²) in [5, 5.41) is 108. The van der Waals surface area contributed by atoms with Crippen LogP contribution in [0.25, 0.3) is 0 Å². The summed E-state index contributed by atoms with van der Waals surface area (Å²) in [7, 11) is 0. The molecule has 0 radical (unpaired) electrons. The van der Waals surface area contributed by atoms with E-state index in [9.17, 15) is 55.9 Å². The molecule has 16 nitrogen and oxygen atoms in total. The van der Waals surface area contributed by atoms with Gasteiger partial charge in [-0.2, -0.15) is 0 Å². The molecule has 0 unspecified atom stereocenters. The highest BCUT2D eigenvalue weighted by Gasteiger charge is 2.51. The van der Waals surface area contributed by atoms with Gasteiger partial charge in [0.05, 0.1) is 32.0 Å². The lowest BCUT2D eigenvalue weighted by Crippen LogP contribution is -2.65. The van der Waals surface area contributed by atoms with Crippen LogP contribution in [0, 0.1) is 0 Å². The summed E-state index contributed by atoms with van der Waals surface area (Å²) in [4.78, 5) is 13.3. The van der Waals surface area contributed by atoms with E-state index in [1.54, 1.807) is 0 Å². The molecule has 0 spiro atoms. The van der Waals surface area contributed by atoms with E-state index in [1.807, 2.05) is 0 Å². The second kappa shape index (κ2) is 36.8.